The van der Waals surface area contributed by atoms with Crippen molar-refractivity contribution < 1.29 is 9.47 Å². The van der Waals surface area contributed by atoms with E-state index in [9.17, 15) is 0 Å². The predicted octanol–water partition coefficient (Wildman–Crippen LogP) is 1.68. The number of fused-ring (bicyclic) bond motifs is 1. The Labute approximate surface area is 123 Å². The minimum atomic E-state index is 0.674. The summed E-state index contributed by atoms with van der Waals surface area (Å²) in [4.78, 5) is 0. The highest BCUT2D eigenvalue weighted by atomic mass is 16.5. The second kappa shape index (κ2) is 5.37. The van der Waals surface area contributed by atoms with Gasteiger partial charge in [0.25, 0.3) is 0 Å². The van der Waals surface area contributed by atoms with Gasteiger partial charge >= 0.3 is 0 Å². The lowest BCUT2D eigenvalue weighted by molar-refractivity contribution is 0.297. The molecule has 6 nitrogen and oxygen atoms in total. The molecule has 1 aromatic heterocycles. The van der Waals surface area contributed by atoms with Gasteiger partial charge in [0.05, 0.1) is 30.8 Å². The molecule has 21 heavy (non-hydrogen) atoms. The Morgan fingerprint density at radius 2 is 2.05 bits per heavy atom. The third-order valence-electron chi connectivity index (χ3n) is 3.69. The zero-order valence-corrected chi connectivity index (χ0v) is 11.8. The Hall–Kier alpha value is -2.08. The molecule has 0 atom stereocenters. The standard InChI is InChI=1S/C15H18N4O2/c1-6-20-14-5-4-13(8-15(14)21-7-1)19-10-12(17-18-19)9-16-11-2-3-11/h4-5,8,10-11,16H,1-3,6-7,9H2. The molecular formula is C15H18N4O2. The van der Waals surface area contributed by atoms with Crippen LogP contribution >= 0.6 is 0 Å². The van der Waals surface area contributed by atoms with E-state index in [0.717, 1.165) is 35.8 Å². The van der Waals surface area contributed by atoms with E-state index in [1.54, 1.807) is 4.68 Å². The van der Waals surface area contributed by atoms with Gasteiger partial charge in [-0.1, -0.05) is 5.21 Å². The van der Waals surface area contributed by atoms with Gasteiger partial charge < -0.3 is 14.8 Å². The van der Waals surface area contributed by atoms with Gasteiger partial charge in [-0.3, -0.25) is 0 Å². The molecule has 1 aromatic carbocycles. The van der Waals surface area contributed by atoms with Crippen LogP contribution in [0, 0.1) is 0 Å². The number of nitrogens with zero attached hydrogens (tertiary/aromatic N) is 3. The number of nitrogens with one attached hydrogen (secondary N) is 1. The van der Waals surface area contributed by atoms with E-state index in [1.807, 2.05) is 24.4 Å². The maximum Gasteiger partial charge on any atom is 0.163 e. The molecule has 0 radical (unpaired) electrons. The molecule has 110 valence electrons. The fourth-order valence-corrected chi connectivity index (χ4v) is 2.34. The van der Waals surface area contributed by atoms with E-state index in [4.69, 9.17) is 9.47 Å². The summed E-state index contributed by atoms with van der Waals surface area (Å²) in [5.41, 5.74) is 1.89. The summed E-state index contributed by atoms with van der Waals surface area (Å²) in [6.07, 6.45) is 5.41. The largest absolute Gasteiger partial charge is 0.490 e. The summed E-state index contributed by atoms with van der Waals surface area (Å²) in [6.45, 7) is 2.16. The first-order chi connectivity index (χ1) is 10.4. The molecule has 2 aromatic rings. The maximum absolute atomic E-state index is 5.71. The van der Waals surface area contributed by atoms with Gasteiger partial charge in [-0.2, -0.15) is 0 Å². The van der Waals surface area contributed by atoms with E-state index in [-0.39, 0.29) is 0 Å². The van der Waals surface area contributed by atoms with Crippen LogP contribution in [0.4, 0.5) is 0 Å². The third kappa shape index (κ3) is 2.85. The number of hydrogen-bond acceptors (Lipinski definition) is 5. The monoisotopic (exact) mass is 286 g/mol. The van der Waals surface area contributed by atoms with Crippen molar-refractivity contribution in [2.45, 2.75) is 31.8 Å². The number of rotatable bonds is 4. The van der Waals surface area contributed by atoms with E-state index in [1.165, 1.54) is 12.8 Å². The highest BCUT2D eigenvalue weighted by molar-refractivity contribution is 5.48. The van der Waals surface area contributed by atoms with Gasteiger partial charge in [0, 0.05) is 25.1 Å². The van der Waals surface area contributed by atoms with Crippen molar-refractivity contribution in [1.82, 2.24) is 20.3 Å². The van der Waals surface area contributed by atoms with E-state index in [2.05, 4.69) is 15.6 Å². The van der Waals surface area contributed by atoms with Crippen LogP contribution in [0.1, 0.15) is 25.0 Å². The Morgan fingerprint density at radius 3 is 2.90 bits per heavy atom. The van der Waals surface area contributed by atoms with Crippen LogP contribution in [0.15, 0.2) is 24.4 Å². The fraction of sp³-hybridized carbons (Fsp3) is 0.467. The second-order valence-electron chi connectivity index (χ2n) is 5.49. The van der Waals surface area contributed by atoms with Gasteiger partial charge in [-0.25, -0.2) is 4.68 Å². The predicted molar refractivity (Wildman–Crippen MR) is 76.8 cm³/mol. The number of ether oxygens (including phenoxy) is 2. The summed E-state index contributed by atoms with van der Waals surface area (Å²) >= 11 is 0. The molecule has 1 saturated carbocycles. The van der Waals surface area contributed by atoms with Crippen LogP contribution < -0.4 is 14.8 Å². The smallest absolute Gasteiger partial charge is 0.163 e. The Bertz CT molecular complexity index is 636. The second-order valence-corrected chi connectivity index (χ2v) is 5.49. The molecule has 2 aliphatic rings. The van der Waals surface area contributed by atoms with Crippen molar-refractivity contribution in [1.29, 1.82) is 0 Å². The fourth-order valence-electron chi connectivity index (χ4n) is 2.34. The van der Waals surface area contributed by atoms with Gasteiger partial charge in [0.15, 0.2) is 11.5 Å². The van der Waals surface area contributed by atoms with Gasteiger partial charge in [-0.05, 0) is 25.0 Å². The van der Waals surface area contributed by atoms with Crippen LogP contribution in [0.25, 0.3) is 5.69 Å². The highest BCUT2D eigenvalue weighted by Crippen LogP contribution is 2.31. The van der Waals surface area contributed by atoms with Crippen molar-refractivity contribution in [2.24, 2.45) is 0 Å². The van der Waals surface area contributed by atoms with Crippen molar-refractivity contribution >= 4 is 0 Å². The lowest BCUT2D eigenvalue weighted by Gasteiger charge is -2.08. The Morgan fingerprint density at radius 1 is 1.19 bits per heavy atom. The Kier molecular flexibility index (Phi) is 3.23. The lowest BCUT2D eigenvalue weighted by atomic mass is 10.3. The van der Waals surface area contributed by atoms with Crippen LogP contribution in [0.3, 0.4) is 0 Å². The van der Waals surface area contributed by atoms with Gasteiger partial charge in [-0.15, -0.1) is 5.10 Å². The van der Waals surface area contributed by atoms with Crippen molar-refractivity contribution in [3.63, 3.8) is 0 Å². The van der Waals surface area contributed by atoms with E-state index in [0.29, 0.717) is 19.3 Å². The molecule has 0 saturated heterocycles. The topological polar surface area (TPSA) is 61.2 Å². The third-order valence-corrected chi connectivity index (χ3v) is 3.69. The molecule has 2 heterocycles. The zero-order valence-electron chi connectivity index (χ0n) is 11.8. The van der Waals surface area contributed by atoms with Crippen LogP contribution in [0.5, 0.6) is 11.5 Å². The SMILES string of the molecule is c1cc2c(cc1-n1cc(CNC3CC3)nn1)OCCCO2. The Balaban J connectivity index is 1.53. The minimum Gasteiger partial charge on any atom is -0.490 e. The number of benzene rings is 1. The van der Waals surface area contributed by atoms with E-state index >= 15 is 0 Å². The molecular weight excluding hydrogens is 268 g/mol. The molecule has 1 aliphatic carbocycles. The van der Waals surface area contributed by atoms with E-state index < -0.39 is 0 Å². The quantitative estimate of drug-likeness (QED) is 0.926. The minimum absolute atomic E-state index is 0.674. The van der Waals surface area contributed by atoms with Crippen LogP contribution in [-0.2, 0) is 6.54 Å². The van der Waals surface area contributed by atoms with Crippen LogP contribution in [-0.4, -0.2) is 34.2 Å². The molecule has 1 aliphatic heterocycles. The first kappa shape index (κ1) is 12.6. The maximum atomic E-state index is 5.71. The molecule has 6 heteroatoms. The normalized spacial score (nSPS) is 17.5. The lowest BCUT2D eigenvalue weighted by Crippen LogP contribution is -2.15. The number of hydrogen-bond donors (Lipinski definition) is 1. The molecule has 0 unspecified atom stereocenters. The highest BCUT2D eigenvalue weighted by Gasteiger charge is 2.20. The summed E-state index contributed by atoms with van der Waals surface area (Å²) in [6, 6.07) is 6.53. The first-order valence-corrected chi connectivity index (χ1v) is 7.43. The zero-order chi connectivity index (χ0) is 14.1. The molecule has 0 bridgehead atoms. The van der Waals surface area contributed by atoms with Gasteiger partial charge in [0.1, 0.15) is 0 Å². The van der Waals surface area contributed by atoms with Crippen LogP contribution in [0.2, 0.25) is 0 Å². The average Bonchev–Trinajstić information content (AvgIpc) is 3.27. The number of aromatic nitrogens is 3. The van der Waals surface area contributed by atoms with Crippen molar-refractivity contribution in [3.8, 4) is 17.2 Å². The summed E-state index contributed by atoms with van der Waals surface area (Å²) < 4.78 is 13.1. The van der Waals surface area contributed by atoms with Crippen molar-refractivity contribution in [2.75, 3.05) is 13.2 Å². The molecule has 1 N–H and O–H groups in total. The average molecular weight is 286 g/mol. The summed E-state index contributed by atoms with van der Waals surface area (Å²) in [5, 5.41) is 11.8. The first-order valence-electron chi connectivity index (χ1n) is 7.43. The summed E-state index contributed by atoms with van der Waals surface area (Å²) in [7, 11) is 0. The summed E-state index contributed by atoms with van der Waals surface area (Å²) in [5.74, 6) is 1.57. The molecule has 4 rings (SSSR count). The van der Waals surface area contributed by atoms with Gasteiger partial charge in [0.2, 0.25) is 0 Å². The molecule has 0 spiro atoms. The molecule has 0 amide bonds. The molecule has 1 fully saturated rings. The van der Waals surface area contributed by atoms with Crippen molar-refractivity contribution in [3.05, 3.63) is 30.1 Å².